The minimum absolute atomic E-state index is 0.681. The third-order valence-corrected chi connectivity index (χ3v) is 10.1. The van der Waals surface area contributed by atoms with Gasteiger partial charge in [0.05, 0.1) is 0 Å². The molecule has 0 aliphatic rings. The molecule has 0 aliphatic carbocycles. The molecule has 2 N–H and O–H groups in total. The van der Waals surface area contributed by atoms with Crippen LogP contribution in [-0.4, -0.2) is 22.6 Å². The predicted octanol–water partition coefficient (Wildman–Crippen LogP) is 14.9. The largest absolute Gasteiger partial charge is 0.260 e. The monoisotopic (exact) mass is 691 g/mol. The van der Waals surface area contributed by atoms with E-state index in [0.29, 0.717) is 11.6 Å². The SMILES string of the molecule is CCCCCCCCCCCCCCCCCC=NNc1nnc(NN=CCCCCCCCCCCCCCCCCC)c2ccccc12. The number of aromatic nitrogens is 2. The number of hydrogen-bond acceptors (Lipinski definition) is 6. The van der Waals surface area contributed by atoms with Gasteiger partial charge < -0.3 is 0 Å². The van der Waals surface area contributed by atoms with Gasteiger partial charge in [-0.15, -0.1) is 10.2 Å². The Labute approximate surface area is 308 Å². The second-order valence-corrected chi connectivity index (χ2v) is 14.8. The molecule has 0 spiro atoms. The molecule has 0 fully saturated rings. The standard InChI is InChI=1S/C44H78N6/c1-3-5-7-9-11-13-15-17-19-21-23-25-27-29-31-35-39-45-47-43-41-37-33-34-38-42(41)44(50-49-43)48-46-40-36-32-30-28-26-24-22-20-18-16-14-12-10-8-6-4-2/h33-34,37-40H,3-32,35-36H2,1-2H3,(H,47,49)(H,48,50). The molecule has 1 heterocycles. The Morgan fingerprint density at radius 3 is 0.940 bits per heavy atom. The van der Waals surface area contributed by atoms with E-state index in [2.05, 4.69) is 57.2 Å². The fraction of sp³-hybridized carbons (Fsp3) is 0.773. The first kappa shape index (κ1) is 43.7. The molecule has 0 saturated carbocycles. The van der Waals surface area contributed by atoms with Crippen molar-refractivity contribution in [3.05, 3.63) is 24.3 Å². The van der Waals surface area contributed by atoms with Crippen molar-refractivity contribution in [2.75, 3.05) is 10.9 Å². The summed E-state index contributed by atoms with van der Waals surface area (Å²) in [6, 6.07) is 8.16. The van der Waals surface area contributed by atoms with E-state index in [0.717, 1.165) is 23.6 Å². The van der Waals surface area contributed by atoms with Crippen LogP contribution >= 0.6 is 0 Å². The van der Waals surface area contributed by atoms with Crippen molar-refractivity contribution < 1.29 is 0 Å². The maximum absolute atomic E-state index is 4.45. The first-order valence-electron chi connectivity index (χ1n) is 21.7. The van der Waals surface area contributed by atoms with Crippen LogP contribution in [0.25, 0.3) is 10.8 Å². The summed E-state index contributed by atoms with van der Waals surface area (Å²) in [6.45, 7) is 4.59. The average Bonchev–Trinajstić information content (AvgIpc) is 3.14. The van der Waals surface area contributed by atoms with E-state index in [-0.39, 0.29) is 0 Å². The van der Waals surface area contributed by atoms with Crippen LogP contribution in [-0.2, 0) is 0 Å². The highest BCUT2D eigenvalue weighted by atomic mass is 15.4. The number of rotatable bonds is 36. The molecule has 0 aliphatic heterocycles. The van der Waals surface area contributed by atoms with Crippen molar-refractivity contribution in [3.8, 4) is 0 Å². The van der Waals surface area contributed by atoms with Gasteiger partial charge in [0, 0.05) is 23.2 Å². The van der Waals surface area contributed by atoms with Gasteiger partial charge in [-0.1, -0.05) is 218 Å². The fourth-order valence-electron chi connectivity index (χ4n) is 6.83. The van der Waals surface area contributed by atoms with E-state index in [9.17, 15) is 0 Å². The Morgan fingerprint density at radius 1 is 0.400 bits per heavy atom. The van der Waals surface area contributed by atoms with Crippen molar-refractivity contribution in [3.63, 3.8) is 0 Å². The zero-order valence-electron chi connectivity index (χ0n) is 32.9. The lowest BCUT2D eigenvalue weighted by Gasteiger charge is -2.08. The summed E-state index contributed by atoms with van der Waals surface area (Å²) in [6.07, 6.45) is 47.6. The minimum Gasteiger partial charge on any atom is -0.260 e. The van der Waals surface area contributed by atoms with Gasteiger partial charge in [0.1, 0.15) is 0 Å². The quantitative estimate of drug-likeness (QED) is 0.0424. The lowest BCUT2D eigenvalue weighted by molar-refractivity contribution is 0.533. The molecule has 0 amide bonds. The van der Waals surface area contributed by atoms with Crippen LogP contribution in [0.4, 0.5) is 11.6 Å². The van der Waals surface area contributed by atoms with E-state index < -0.39 is 0 Å². The zero-order chi connectivity index (χ0) is 35.4. The molecule has 1 aromatic carbocycles. The van der Waals surface area contributed by atoms with Gasteiger partial charge in [-0.25, -0.2) is 0 Å². The lowest BCUT2D eigenvalue weighted by atomic mass is 10.0. The van der Waals surface area contributed by atoms with Crippen molar-refractivity contribution >= 4 is 34.8 Å². The molecule has 0 saturated heterocycles. The van der Waals surface area contributed by atoms with Crippen molar-refractivity contribution in [1.29, 1.82) is 0 Å². The van der Waals surface area contributed by atoms with Crippen molar-refractivity contribution in [2.45, 2.75) is 219 Å². The molecule has 0 atom stereocenters. The summed E-state index contributed by atoms with van der Waals surface area (Å²) >= 11 is 0. The second-order valence-electron chi connectivity index (χ2n) is 14.8. The molecule has 1 aromatic heterocycles. The molecule has 0 radical (unpaired) electrons. The normalized spacial score (nSPS) is 11.8. The first-order valence-corrected chi connectivity index (χ1v) is 21.7. The molecule has 2 rings (SSSR count). The molecular formula is C44H78N6. The van der Waals surface area contributed by atoms with Crippen LogP contribution in [0.3, 0.4) is 0 Å². The zero-order valence-corrected chi connectivity index (χ0v) is 32.9. The topological polar surface area (TPSA) is 74.6 Å². The highest BCUT2D eigenvalue weighted by Gasteiger charge is 2.08. The maximum Gasteiger partial charge on any atom is 0.176 e. The molecule has 0 unspecified atom stereocenters. The van der Waals surface area contributed by atoms with E-state index in [1.54, 1.807) is 0 Å². The van der Waals surface area contributed by atoms with E-state index >= 15 is 0 Å². The smallest absolute Gasteiger partial charge is 0.176 e. The van der Waals surface area contributed by atoms with E-state index in [1.807, 2.05) is 24.6 Å². The summed E-state index contributed by atoms with van der Waals surface area (Å²) in [5.41, 5.74) is 6.25. The Bertz CT molecular complexity index is 999. The Balaban J connectivity index is 1.47. The molecule has 2 aromatic rings. The summed E-state index contributed by atoms with van der Waals surface area (Å²) < 4.78 is 0. The molecule has 6 nitrogen and oxygen atoms in total. The van der Waals surface area contributed by atoms with E-state index in [4.69, 9.17) is 0 Å². The highest BCUT2D eigenvalue weighted by Crippen LogP contribution is 2.26. The third kappa shape index (κ3) is 23.8. The van der Waals surface area contributed by atoms with Gasteiger partial charge >= 0.3 is 0 Å². The van der Waals surface area contributed by atoms with Crippen LogP contribution < -0.4 is 10.9 Å². The summed E-state index contributed by atoms with van der Waals surface area (Å²) in [4.78, 5) is 0. The van der Waals surface area contributed by atoms with Gasteiger partial charge in [-0.2, -0.15) is 10.2 Å². The highest BCUT2D eigenvalue weighted by molar-refractivity contribution is 5.98. The lowest BCUT2D eigenvalue weighted by Crippen LogP contribution is -2.01. The van der Waals surface area contributed by atoms with Crippen LogP contribution in [0.5, 0.6) is 0 Å². The van der Waals surface area contributed by atoms with E-state index in [1.165, 1.54) is 193 Å². The Kier molecular flexibility index (Phi) is 29.4. The number of unbranched alkanes of at least 4 members (excludes halogenated alkanes) is 30. The second kappa shape index (κ2) is 33.6. The molecule has 284 valence electrons. The maximum atomic E-state index is 4.45. The summed E-state index contributed by atoms with van der Waals surface area (Å²) in [7, 11) is 0. The molecule has 50 heavy (non-hydrogen) atoms. The Hall–Kier alpha value is -2.50. The fourth-order valence-corrected chi connectivity index (χ4v) is 6.83. The van der Waals surface area contributed by atoms with Crippen LogP contribution in [0.2, 0.25) is 0 Å². The van der Waals surface area contributed by atoms with Crippen molar-refractivity contribution in [1.82, 2.24) is 10.2 Å². The summed E-state index contributed by atoms with van der Waals surface area (Å²) in [5, 5.41) is 19.7. The number of fused-ring (bicyclic) bond motifs is 1. The third-order valence-electron chi connectivity index (χ3n) is 10.1. The van der Waals surface area contributed by atoms with Gasteiger partial charge in [0.15, 0.2) is 11.6 Å². The number of hydrogen-bond donors (Lipinski definition) is 2. The first-order chi connectivity index (χ1) is 24.9. The van der Waals surface area contributed by atoms with Crippen LogP contribution in [0, 0.1) is 0 Å². The average molecular weight is 691 g/mol. The van der Waals surface area contributed by atoms with Crippen molar-refractivity contribution in [2.24, 2.45) is 10.2 Å². The molecular weight excluding hydrogens is 613 g/mol. The Morgan fingerprint density at radius 2 is 0.660 bits per heavy atom. The van der Waals surface area contributed by atoms with Gasteiger partial charge in [0.25, 0.3) is 0 Å². The van der Waals surface area contributed by atoms with Gasteiger partial charge in [-0.05, 0) is 25.7 Å². The van der Waals surface area contributed by atoms with Crippen LogP contribution in [0.15, 0.2) is 34.5 Å². The minimum atomic E-state index is 0.681. The van der Waals surface area contributed by atoms with Gasteiger partial charge in [-0.3, -0.25) is 10.9 Å². The number of nitrogens with zero attached hydrogens (tertiary/aromatic N) is 4. The molecule has 6 heteroatoms. The number of nitrogens with one attached hydrogen (secondary N) is 2. The number of benzene rings is 1. The summed E-state index contributed by atoms with van der Waals surface area (Å²) in [5.74, 6) is 1.36. The number of anilines is 2. The van der Waals surface area contributed by atoms with Gasteiger partial charge in [0.2, 0.25) is 0 Å². The predicted molar refractivity (Wildman–Crippen MR) is 223 cm³/mol. The molecule has 0 bridgehead atoms. The van der Waals surface area contributed by atoms with Crippen LogP contribution in [0.1, 0.15) is 219 Å². The number of hydrazone groups is 2.